The second-order valence-electron chi connectivity index (χ2n) is 13.0. The van der Waals surface area contributed by atoms with E-state index in [4.69, 9.17) is 14.2 Å². The van der Waals surface area contributed by atoms with Crippen molar-refractivity contribution < 1.29 is 42.1 Å². The van der Waals surface area contributed by atoms with Crippen LogP contribution in [-0.2, 0) is 24.6 Å². The Labute approximate surface area is 234 Å². The van der Waals surface area contributed by atoms with E-state index in [0.29, 0.717) is 51.3 Å². The Morgan fingerprint density at radius 3 is 2.00 bits per heavy atom. The standard InChI is InChI=1S/C29H43F3N2O6/c1-25(2,3)39-23(35)28(12-16-38-17-13-28)18-22-19-33(24(36)40-26(4,5)6)14-15-34(22)21-10-8-20(9-11-21)27(7,37)29(30,31)32/h8-11,22,37H,12-19H2,1-7H3/t22-,27?/m0/s1. The predicted octanol–water partition coefficient (Wildman–Crippen LogP) is 5.41. The number of amides is 1. The number of halogens is 3. The van der Waals surface area contributed by atoms with Crippen molar-refractivity contribution in [2.24, 2.45) is 5.41 Å². The second-order valence-corrected chi connectivity index (χ2v) is 13.0. The number of aliphatic hydroxyl groups is 1. The van der Waals surface area contributed by atoms with Gasteiger partial charge in [0.25, 0.3) is 0 Å². The van der Waals surface area contributed by atoms with Crippen LogP contribution in [0.4, 0.5) is 23.7 Å². The molecule has 0 spiro atoms. The molecule has 0 radical (unpaired) electrons. The van der Waals surface area contributed by atoms with Crippen molar-refractivity contribution in [2.45, 2.75) is 96.7 Å². The number of carbonyl (C=O) groups is 2. The normalized spacial score (nSPS) is 21.9. The lowest BCUT2D eigenvalue weighted by molar-refractivity contribution is -0.258. The number of nitrogens with zero attached hydrogens (tertiary/aromatic N) is 2. The van der Waals surface area contributed by atoms with Crippen LogP contribution in [0.2, 0.25) is 0 Å². The topological polar surface area (TPSA) is 88.5 Å². The Morgan fingerprint density at radius 2 is 1.50 bits per heavy atom. The van der Waals surface area contributed by atoms with Gasteiger partial charge in [0.15, 0.2) is 5.60 Å². The molecule has 1 aromatic rings. The molecule has 2 saturated heterocycles. The van der Waals surface area contributed by atoms with Gasteiger partial charge in [0.05, 0.1) is 5.41 Å². The Hall–Kier alpha value is -2.53. The third-order valence-corrected chi connectivity index (χ3v) is 7.36. The summed E-state index contributed by atoms with van der Waals surface area (Å²) in [4.78, 5) is 30.2. The monoisotopic (exact) mass is 572 g/mol. The van der Waals surface area contributed by atoms with E-state index in [1.807, 2.05) is 25.7 Å². The van der Waals surface area contributed by atoms with Gasteiger partial charge in [-0.05, 0) is 85.4 Å². The number of rotatable bonds is 5. The largest absolute Gasteiger partial charge is 0.460 e. The zero-order valence-corrected chi connectivity index (χ0v) is 24.6. The van der Waals surface area contributed by atoms with Gasteiger partial charge < -0.3 is 29.1 Å². The Bertz CT molecular complexity index is 1040. The maximum absolute atomic E-state index is 13.6. The Balaban J connectivity index is 1.95. The molecule has 0 aliphatic carbocycles. The first-order valence-corrected chi connectivity index (χ1v) is 13.7. The fraction of sp³-hybridized carbons (Fsp3) is 0.724. The van der Waals surface area contributed by atoms with Gasteiger partial charge in [-0.2, -0.15) is 13.2 Å². The number of anilines is 1. The molecule has 2 heterocycles. The van der Waals surface area contributed by atoms with Crippen LogP contribution in [0.15, 0.2) is 24.3 Å². The molecule has 0 aromatic heterocycles. The zero-order chi connectivity index (χ0) is 30.1. The smallest absolute Gasteiger partial charge is 0.421 e. The minimum Gasteiger partial charge on any atom is -0.460 e. The van der Waals surface area contributed by atoms with Crippen molar-refractivity contribution in [1.82, 2.24) is 4.90 Å². The summed E-state index contributed by atoms with van der Waals surface area (Å²) < 4.78 is 57.2. The van der Waals surface area contributed by atoms with Crippen molar-refractivity contribution in [2.75, 3.05) is 37.7 Å². The minimum atomic E-state index is -4.83. The van der Waals surface area contributed by atoms with E-state index >= 15 is 0 Å². The van der Waals surface area contributed by atoms with Gasteiger partial charge in [0.1, 0.15) is 11.2 Å². The predicted molar refractivity (Wildman–Crippen MR) is 144 cm³/mol. The molecule has 3 rings (SSSR count). The first kappa shape index (κ1) is 32.0. The quantitative estimate of drug-likeness (QED) is 0.472. The highest BCUT2D eigenvalue weighted by atomic mass is 19.4. The van der Waals surface area contributed by atoms with E-state index in [1.165, 1.54) is 24.3 Å². The van der Waals surface area contributed by atoms with Crippen LogP contribution in [0.1, 0.15) is 73.3 Å². The first-order chi connectivity index (χ1) is 18.2. The summed E-state index contributed by atoms with van der Waals surface area (Å²) in [5.41, 5.74) is -4.88. The van der Waals surface area contributed by atoms with Gasteiger partial charge in [-0.25, -0.2) is 4.79 Å². The number of piperazine rings is 1. The average molecular weight is 573 g/mol. The third kappa shape index (κ3) is 7.60. The van der Waals surface area contributed by atoms with Crippen LogP contribution in [0.3, 0.4) is 0 Å². The maximum atomic E-state index is 13.6. The van der Waals surface area contributed by atoms with Gasteiger partial charge in [-0.1, -0.05) is 12.1 Å². The lowest BCUT2D eigenvalue weighted by Crippen LogP contribution is -2.58. The molecule has 0 saturated carbocycles. The van der Waals surface area contributed by atoms with Crippen molar-refractivity contribution in [1.29, 1.82) is 0 Å². The molecule has 1 amide bonds. The molecular formula is C29H43F3N2O6. The number of carbonyl (C=O) groups excluding carboxylic acids is 2. The summed E-state index contributed by atoms with van der Waals surface area (Å²) in [6, 6.07) is 5.24. The van der Waals surface area contributed by atoms with Crippen LogP contribution in [0.5, 0.6) is 0 Å². The molecule has 2 atom stereocenters. The van der Waals surface area contributed by atoms with Crippen molar-refractivity contribution in [3.8, 4) is 0 Å². The summed E-state index contributed by atoms with van der Waals surface area (Å²) in [6.07, 6.45) is -4.05. The number of alkyl halides is 3. The van der Waals surface area contributed by atoms with Gasteiger partial charge >= 0.3 is 18.2 Å². The van der Waals surface area contributed by atoms with Gasteiger partial charge in [0.2, 0.25) is 0 Å². The number of benzene rings is 1. The van der Waals surface area contributed by atoms with Gasteiger partial charge in [-0.3, -0.25) is 4.79 Å². The fourth-order valence-corrected chi connectivity index (χ4v) is 5.09. The van der Waals surface area contributed by atoms with E-state index in [-0.39, 0.29) is 24.1 Å². The van der Waals surface area contributed by atoms with E-state index in [0.717, 1.165) is 6.92 Å². The minimum absolute atomic E-state index is 0.252. The maximum Gasteiger partial charge on any atom is 0.421 e. The molecule has 226 valence electrons. The number of hydrogen-bond acceptors (Lipinski definition) is 7. The number of hydrogen-bond donors (Lipinski definition) is 1. The van der Waals surface area contributed by atoms with Crippen LogP contribution in [-0.4, -0.2) is 78.3 Å². The highest BCUT2D eigenvalue weighted by molar-refractivity contribution is 5.78. The highest BCUT2D eigenvalue weighted by Gasteiger charge is 2.51. The molecule has 1 unspecified atom stereocenters. The van der Waals surface area contributed by atoms with Crippen molar-refractivity contribution in [3.05, 3.63) is 29.8 Å². The molecule has 8 nitrogen and oxygen atoms in total. The van der Waals surface area contributed by atoms with E-state index in [2.05, 4.69) is 0 Å². The summed E-state index contributed by atoms with van der Waals surface area (Å²) in [7, 11) is 0. The summed E-state index contributed by atoms with van der Waals surface area (Å²) in [5, 5.41) is 10.1. The molecule has 40 heavy (non-hydrogen) atoms. The molecule has 2 fully saturated rings. The number of ether oxygens (including phenoxy) is 3. The van der Waals surface area contributed by atoms with Crippen LogP contribution < -0.4 is 4.90 Å². The Morgan fingerprint density at radius 1 is 0.950 bits per heavy atom. The summed E-state index contributed by atoms with van der Waals surface area (Å²) in [6.45, 7) is 13.3. The van der Waals surface area contributed by atoms with Crippen molar-refractivity contribution in [3.63, 3.8) is 0 Å². The summed E-state index contributed by atoms with van der Waals surface area (Å²) >= 11 is 0. The van der Waals surface area contributed by atoms with Crippen LogP contribution >= 0.6 is 0 Å². The van der Waals surface area contributed by atoms with Crippen LogP contribution in [0.25, 0.3) is 0 Å². The second kappa shape index (κ2) is 11.4. The highest BCUT2D eigenvalue weighted by Crippen LogP contribution is 2.42. The molecule has 0 bridgehead atoms. The van der Waals surface area contributed by atoms with E-state index in [9.17, 15) is 27.9 Å². The number of esters is 1. The van der Waals surface area contributed by atoms with Crippen molar-refractivity contribution >= 4 is 17.7 Å². The molecule has 2 aliphatic heterocycles. The van der Waals surface area contributed by atoms with Crippen LogP contribution in [0, 0.1) is 5.41 Å². The summed E-state index contributed by atoms with van der Waals surface area (Å²) in [5.74, 6) is -0.325. The lowest BCUT2D eigenvalue weighted by Gasteiger charge is -2.47. The molecule has 2 aliphatic rings. The zero-order valence-electron chi connectivity index (χ0n) is 24.6. The fourth-order valence-electron chi connectivity index (χ4n) is 5.09. The molecule has 1 N–H and O–H groups in total. The lowest BCUT2D eigenvalue weighted by atomic mass is 9.74. The average Bonchev–Trinajstić information content (AvgIpc) is 2.82. The Kier molecular flexibility index (Phi) is 9.11. The SMILES string of the molecule is CC(C)(C)OC(=O)N1CCN(c2ccc(C(C)(O)C(F)(F)F)cc2)[C@@H](CC2(C(=O)OC(C)(C)C)CCOCC2)C1. The van der Waals surface area contributed by atoms with Gasteiger partial charge in [-0.15, -0.1) is 0 Å². The van der Waals surface area contributed by atoms with E-state index in [1.54, 1.807) is 25.7 Å². The first-order valence-electron chi connectivity index (χ1n) is 13.7. The molecular weight excluding hydrogens is 529 g/mol. The molecule has 11 heteroatoms. The van der Waals surface area contributed by atoms with Gasteiger partial charge in [0, 0.05) is 44.6 Å². The molecule has 1 aromatic carbocycles. The third-order valence-electron chi connectivity index (χ3n) is 7.36. The van der Waals surface area contributed by atoms with E-state index < -0.39 is 34.5 Å².